The van der Waals surface area contributed by atoms with Crippen molar-refractivity contribution < 1.29 is 47.8 Å². The summed E-state index contributed by atoms with van der Waals surface area (Å²) < 4.78 is 29.3. The Morgan fingerprint density at radius 2 is 1.34 bits per heavy atom. The molecule has 0 aliphatic carbocycles. The van der Waals surface area contributed by atoms with E-state index in [1.807, 2.05) is 20.8 Å². The van der Waals surface area contributed by atoms with Gasteiger partial charge < -0.3 is 28.6 Å². The van der Waals surface area contributed by atoms with Gasteiger partial charge >= 0.3 is 31.1 Å². The van der Waals surface area contributed by atoms with Crippen LogP contribution in [-0.4, -0.2) is 72.2 Å². The van der Waals surface area contributed by atoms with Crippen molar-refractivity contribution in [3.8, 4) is 0 Å². The number of aromatic nitrogens is 1. The second kappa shape index (κ2) is 14.6. The van der Waals surface area contributed by atoms with E-state index >= 15 is 0 Å². The first-order valence-electron chi connectivity index (χ1n) is 14.2. The number of amides is 1. The van der Waals surface area contributed by atoms with Crippen LogP contribution in [-0.2, 0) is 37.9 Å². The first-order chi connectivity index (χ1) is 19.3. The van der Waals surface area contributed by atoms with Crippen LogP contribution in [0.4, 0.5) is 10.5 Å². The van der Waals surface area contributed by atoms with Crippen LogP contribution in [0.15, 0.2) is 12.4 Å². The van der Waals surface area contributed by atoms with Gasteiger partial charge in [-0.05, 0) is 52.5 Å². The predicted octanol–water partition coefficient (Wildman–Crippen LogP) is 3.78. The van der Waals surface area contributed by atoms with Crippen molar-refractivity contribution in [2.75, 3.05) is 25.1 Å². The number of ether oxygens (including phenoxy) is 3. The van der Waals surface area contributed by atoms with Gasteiger partial charge in [0.05, 0.1) is 37.3 Å². The molecule has 0 bridgehead atoms. The lowest BCUT2D eigenvalue weighted by Gasteiger charge is -2.46. The second-order valence-electron chi connectivity index (χ2n) is 10.7. The Hall–Kier alpha value is -3.19. The lowest BCUT2D eigenvalue weighted by Crippen LogP contribution is -2.69. The van der Waals surface area contributed by atoms with Gasteiger partial charge in [-0.25, -0.2) is 4.79 Å². The van der Waals surface area contributed by atoms with E-state index in [-0.39, 0.29) is 25.5 Å². The molecule has 0 spiro atoms. The van der Waals surface area contributed by atoms with Crippen LogP contribution in [0.25, 0.3) is 0 Å². The van der Waals surface area contributed by atoms with Gasteiger partial charge in [-0.2, -0.15) is 0 Å². The number of carbonyl (C=O) groups is 4. The molecule has 2 rings (SSSR count). The fraction of sp³-hybridized carbons (Fsp3) is 0.679. The van der Waals surface area contributed by atoms with Crippen molar-refractivity contribution in [1.29, 1.82) is 0 Å². The van der Waals surface area contributed by atoms with Crippen LogP contribution < -0.4 is 10.8 Å². The number of nitrogens with one attached hydrogen (secondary N) is 1. The first-order valence-corrected chi connectivity index (χ1v) is 14.2. The summed E-state index contributed by atoms with van der Waals surface area (Å²) in [6, 6.07) is 0. The Balaban J connectivity index is 2.72. The number of anilines is 1. The van der Waals surface area contributed by atoms with E-state index in [0.29, 0.717) is 49.6 Å². The highest BCUT2D eigenvalue weighted by Crippen LogP contribution is 2.51. The average Bonchev–Trinajstić information content (AvgIpc) is 3.14. The van der Waals surface area contributed by atoms with Gasteiger partial charge in [0, 0.05) is 11.7 Å². The van der Waals surface area contributed by atoms with E-state index in [0.717, 1.165) is 0 Å². The maximum Gasteiger partial charge on any atom is 0.496 e. The van der Waals surface area contributed by atoms with Crippen molar-refractivity contribution in [2.45, 2.75) is 98.2 Å². The molecule has 0 saturated carbocycles. The third-order valence-electron chi connectivity index (χ3n) is 7.47. The van der Waals surface area contributed by atoms with Gasteiger partial charge in [-0.1, -0.05) is 40.0 Å². The van der Waals surface area contributed by atoms with Gasteiger partial charge in [0.2, 0.25) is 0 Å². The number of nitrogens with zero attached hydrogens (tertiary/aromatic N) is 1. The minimum absolute atomic E-state index is 0.0334. The topological polar surface area (TPSA) is 160 Å². The number of esters is 3. The molecule has 41 heavy (non-hydrogen) atoms. The first kappa shape index (κ1) is 34.0. The fourth-order valence-electron chi connectivity index (χ4n) is 4.53. The highest BCUT2D eigenvalue weighted by atomic mass is 16.7. The van der Waals surface area contributed by atoms with E-state index in [1.165, 1.54) is 19.3 Å². The quantitative estimate of drug-likeness (QED) is 0.103. The average molecular weight is 578 g/mol. The number of carbonyl (C=O) groups excluding carboxylic acids is 3. The van der Waals surface area contributed by atoms with Crippen LogP contribution in [0, 0.1) is 12.3 Å². The molecule has 2 heterocycles. The maximum absolute atomic E-state index is 14.0. The third-order valence-corrected chi connectivity index (χ3v) is 7.47. The second-order valence-corrected chi connectivity index (χ2v) is 10.7. The molecule has 1 aromatic rings. The molecule has 1 saturated heterocycles. The van der Waals surface area contributed by atoms with Crippen molar-refractivity contribution >= 4 is 42.3 Å². The number of pyridine rings is 1. The molecule has 1 amide bonds. The molecule has 1 unspecified atom stereocenters. The number of hydrogen-bond acceptors (Lipinski definition) is 10. The van der Waals surface area contributed by atoms with E-state index in [1.54, 1.807) is 20.8 Å². The summed E-state index contributed by atoms with van der Waals surface area (Å²) in [5.41, 5.74) is -5.20. The van der Waals surface area contributed by atoms with Gasteiger partial charge in [0.25, 0.3) is 5.41 Å². The van der Waals surface area contributed by atoms with Gasteiger partial charge in [0.15, 0.2) is 0 Å². The molecule has 1 aliphatic rings. The molecule has 228 valence electrons. The summed E-state index contributed by atoms with van der Waals surface area (Å²) in [5.74, 6) is -3.44. The lowest BCUT2D eigenvalue weighted by molar-refractivity contribution is -0.208. The summed E-state index contributed by atoms with van der Waals surface area (Å²) in [6.07, 6.45) is 5.11. The molecular formula is C28H43BN2O10. The Morgan fingerprint density at radius 3 is 1.76 bits per heavy atom. The zero-order valence-corrected chi connectivity index (χ0v) is 25.2. The van der Waals surface area contributed by atoms with E-state index < -0.39 is 47.7 Å². The Bertz CT molecular complexity index is 1040. The molecule has 1 fully saturated rings. The fourth-order valence-corrected chi connectivity index (χ4v) is 4.53. The van der Waals surface area contributed by atoms with E-state index in [9.17, 15) is 24.3 Å². The largest absolute Gasteiger partial charge is 0.496 e. The van der Waals surface area contributed by atoms with Gasteiger partial charge in [-0.3, -0.25) is 24.7 Å². The standard InChI is InChI=1S/C28H43BN2O10/c1-8-11-14-37-22(32)28(23(33)38-15-12-9-2,24(34)39-16-13-10-3)27(7)26(5,6)40-29(41-27)20-17-30-18-21(19(20)4)31-25(35)36/h17-18,31H,8-16H2,1-7H3,(H,35,36). The Kier molecular flexibility index (Phi) is 12.1. The zero-order valence-electron chi connectivity index (χ0n) is 25.2. The van der Waals surface area contributed by atoms with E-state index in [2.05, 4.69) is 10.3 Å². The molecule has 1 atom stereocenters. The molecule has 12 nitrogen and oxygen atoms in total. The van der Waals surface area contributed by atoms with Crippen molar-refractivity contribution in [1.82, 2.24) is 4.98 Å². The van der Waals surface area contributed by atoms with Gasteiger partial charge in [-0.15, -0.1) is 0 Å². The number of hydrogen-bond donors (Lipinski definition) is 2. The number of unbranched alkanes of at least 4 members (excludes halogenated alkanes) is 3. The molecular weight excluding hydrogens is 535 g/mol. The Labute approximate surface area is 241 Å². The van der Waals surface area contributed by atoms with Crippen molar-refractivity contribution in [3.63, 3.8) is 0 Å². The molecule has 0 radical (unpaired) electrons. The monoisotopic (exact) mass is 578 g/mol. The van der Waals surface area contributed by atoms with Crippen LogP contribution in [0.5, 0.6) is 0 Å². The number of carboxylic acid groups (broad SMARTS) is 1. The van der Waals surface area contributed by atoms with Crippen LogP contribution >= 0.6 is 0 Å². The molecule has 1 aliphatic heterocycles. The Morgan fingerprint density at radius 1 is 0.878 bits per heavy atom. The highest BCUT2D eigenvalue weighted by Gasteiger charge is 2.77. The molecule has 2 N–H and O–H groups in total. The smallest absolute Gasteiger partial charge is 0.465 e. The minimum Gasteiger partial charge on any atom is -0.465 e. The molecule has 1 aromatic heterocycles. The van der Waals surface area contributed by atoms with Crippen LogP contribution in [0.3, 0.4) is 0 Å². The number of rotatable bonds is 15. The summed E-state index contributed by atoms with van der Waals surface area (Å²) in [7, 11) is -1.24. The van der Waals surface area contributed by atoms with Crippen molar-refractivity contribution in [2.24, 2.45) is 5.41 Å². The van der Waals surface area contributed by atoms with E-state index in [4.69, 9.17) is 23.5 Å². The van der Waals surface area contributed by atoms with Crippen LogP contribution in [0.1, 0.15) is 85.6 Å². The zero-order chi connectivity index (χ0) is 30.8. The van der Waals surface area contributed by atoms with Crippen LogP contribution in [0.2, 0.25) is 0 Å². The predicted molar refractivity (Wildman–Crippen MR) is 151 cm³/mol. The third kappa shape index (κ3) is 7.00. The normalized spacial score (nSPS) is 18.1. The van der Waals surface area contributed by atoms with Gasteiger partial charge in [0.1, 0.15) is 5.60 Å². The summed E-state index contributed by atoms with van der Waals surface area (Å²) >= 11 is 0. The summed E-state index contributed by atoms with van der Waals surface area (Å²) in [5, 5.41) is 11.5. The van der Waals surface area contributed by atoms with Crippen molar-refractivity contribution in [3.05, 3.63) is 18.0 Å². The highest BCUT2D eigenvalue weighted by molar-refractivity contribution is 6.63. The minimum atomic E-state index is -2.70. The SMILES string of the molecule is CCCCOC(=O)C(C(=O)OCCCC)(C(=O)OCCCC)C1(C)OB(c2cncc(NC(=O)O)c2C)OC1(C)C. The molecule has 0 aromatic carbocycles. The maximum atomic E-state index is 14.0. The summed E-state index contributed by atoms with van der Waals surface area (Å²) in [6.45, 7) is 11.9. The molecule has 13 heteroatoms. The summed E-state index contributed by atoms with van der Waals surface area (Å²) in [4.78, 5) is 57.4. The lowest BCUT2D eigenvalue weighted by atomic mass is 9.64.